The zero-order valence-electron chi connectivity index (χ0n) is 10.2. The van der Waals surface area contributed by atoms with E-state index in [1.807, 2.05) is 14.1 Å². The van der Waals surface area contributed by atoms with Crippen LogP contribution in [0.4, 0.5) is 0 Å². The van der Waals surface area contributed by atoms with E-state index >= 15 is 0 Å². The Labute approximate surface area is 96.8 Å². The highest BCUT2D eigenvalue weighted by atomic mass is 16.5. The molecule has 0 amide bonds. The Bertz CT molecular complexity index is 304. The van der Waals surface area contributed by atoms with Crippen LogP contribution in [0.15, 0.2) is 12.4 Å². The first-order chi connectivity index (χ1) is 7.72. The van der Waals surface area contributed by atoms with Crippen LogP contribution in [0.3, 0.4) is 0 Å². The average Bonchev–Trinajstić information content (AvgIpc) is 2.26. The van der Waals surface area contributed by atoms with Gasteiger partial charge in [0.25, 0.3) is 0 Å². The van der Waals surface area contributed by atoms with E-state index in [0.29, 0.717) is 12.5 Å². The summed E-state index contributed by atoms with van der Waals surface area (Å²) in [5.74, 6) is 0.595. The molecular formula is C11H20N4O. The molecule has 0 aliphatic carbocycles. The summed E-state index contributed by atoms with van der Waals surface area (Å²) in [5.41, 5.74) is 0.907. The zero-order chi connectivity index (χ0) is 11.8. The molecule has 0 aromatic carbocycles. The van der Waals surface area contributed by atoms with Crippen molar-refractivity contribution in [1.29, 1.82) is 0 Å². The smallest absolute Gasteiger partial charge is 0.232 e. The van der Waals surface area contributed by atoms with Gasteiger partial charge in [0.2, 0.25) is 5.88 Å². The molecule has 5 nitrogen and oxygen atoms in total. The van der Waals surface area contributed by atoms with Crippen molar-refractivity contribution in [3.8, 4) is 5.88 Å². The summed E-state index contributed by atoms with van der Waals surface area (Å²) in [6.07, 6.45) is 3.40. The molecule has 16 heavy (non-hydrogen) atoms. The van der Waals surface area contributed by atoms with Crippen molar-refractivity contribution in [2.75, 3.05) is 33.8 Å². The summed E-state index contributed by atoms with van der Waals surface area (Å²) in [6, 6.07) is 0. The number of aromatic nitrogens is 2. The molecule has 1 N–H and O–H groups in total. The van der Waals surface area contributed by atoms with Gasteiger partial charge in [-0.2, -0.15) is 0 Å². The molecule has 0 radical (unpaired) electrons. The number of hydrogen-bond acceptors (Lipinski definition) is 5. The maximum Gasteiger partial charge on any atom is 0.232 e. The first kappa shape index (κ1) is 12.9. The van der Waals surface area contributed by atoms with Crippen LogP contribution >= 0.6 is 0 Å². The van der Waals surface area contributed by atoms with E-state index in [4.69, 9.17) is 4.74 Å². The van der Waals surface area contributed by atoms with Crippen LogP contribution in [0, 0.1) is 0 Å². The monoisotopic (exact) mass is 224 g/mol. The van der Waals surface area contributed by atoms with Crippen molar-refractivity contribution >= 4 is 0 Å². The topological polar surface area (TPSA) is 50.3 Å². The van der Waals surface area contributed by atoms with E-state index in [1.165, 1.54) is 0 Å². The Balaban J connectivity index is 2.40. The number of nitrogens with one attached hydrogen (secondary N) is 1. The van der Waals surface area contributed by atoms with E-state index < -0.39 is 0 Å². The fraction of sp³-hybridized carbons (Fsp3) is 0.636. The van der Waals surface area contributed by atoms with E-state index in [2.05, 4.69) is 27.1 Å². The van der Waals surface area contributed by atoms with Gasteiger partial charge < -0.3 is 15.0 Å². The summed E-state index contributed by atoms with van der Waals surface area (Å²) in [6.45, 7) is 5.22. The Morgan fingerprint density at radius 1 is 1.38 bits per heavy atom. The quantitative estimate of drug-likeness (QED) is 0.732. The fourth-order valence-electron chi connectivity index (χ4n) is 1.13. The molecule has 0 bridgehead atoms. The molecule has 5 heteroatoms. The molecule has 1 heterocycles. The summed E-state index contributed by atoms with van der Waals surface area (Å²) >= 11 is 0. The first-order valence-corrected chi connectivity index (χ1v) is 5.51. The normalized spacial score (nSPS) is 10.8. The van der Waals surface area contributed by atoms with Gasteiger partial charge >= 0.3 is 0 Å². The number of rotatable bonds is 7. The van der Waals surface area contributed by atoms with Crippen molar-refractivity contribution in [2.24, 2.45) is 0 Å². The lowest BCUT2D eigenvalue weighted by molar-refractivity contribution is 0.252. The largest absolute Gasteiger partial charge is 0.475 e. The minimum atomic E-state index is 0.595. The number of hydrogen-bond donors (Lipinski definition) is 1. The third-order valence-corrected chi connectivity index (χ3v) is 2.01. The van der Waals surface area contributed by atoms with Gasteiger partial charge in [0.05, 0.1) is 11.9 Å². The van der Waals surface area contributed by atoms with Gasteiger partial charge in [-0.05, 0) is 20.6 Å². The minimum Gasteiger partial charge on any atom is -0.475 e. The third-order valence-electron chi connectivity index (χ3n) is 2.01. The SMILES string of the molecule is CCNCc1cncc(OCCN(C)C)n1. The lowest BCUT2D eigenvalue weighted by Crippen LogP contribution is -2.20. The van der Waals surface area contributed by atoms with Gasteiger partial charge in [-0.1, -0.05) is 6.92 Å². The maximum absolute atomic E-state index is 5.49. The summed E-state index contributed by atoms with van der Waals surface area (Å²) < 4.78 is 5.49. The van der Waals surface area contributed by atoms with Gasteiger partial charge in [0.1, 0.15) is 6.61 Å². The van der Waals surface area contributed by atoms with Crippen molar-refractivity contribution in [3.05, 3.63) is 18.1 Å². The maximum atomic E-state index is 5.49. The number of ether oxygens (including phenoxy) is 1. The molecule has 0 unspecified atom stereocenters. The predicted molar refractivity (Wildman–Crippen MR) is 63.5 cm³/mol. The molecule has 0 saturated heterocycles. The average molecular weight is 224 g/mol. The van der Waals surface area contributed by atoms with E-state index in [1.54, 1.807) is 12.4 Å². The lowest BCUT2D eigenvalue weighted by Gasteiger charge is -2.10. The van der Waals surface area contributed by atoms with Crippen LogP contribution in [0.2, 0.25) is 0 Å². The van der Waals surface area contributed by atoms with Crippen LogP contribution in [-0.2, 0) is 6.54 Å². The molecule has 0 spiro atoms. The highest BCUT2D eigenvalue weighted by Crippen LogP contribution is 2.04. The van der Waals surface area contributed by atoms with Crippen LogP contribution < -0.4 is 10.1 Å². The molecule has 1 rings (SSSR count). The fourth-order valence-corrected chi connectivity index (χ4v) is 1.13. The van der Waals surface area contributed by atoms with Gasteiger partial charge in [0.15, 0.2) is 0 Å². The van der Waals surface area contributed by atoms with Crippen molar-refractivity contribution < 1.29 is 4.74 Å². The molecule has 1 aromatic heterocycles. The predicted octanol–water partition coefficient (Wildman–Crippen LogP) is 0.526. The van der Waals surface area contributed by atoms with E-state index in [-0.39, 0.29) is 0 Å². The summed E-state index contributed by atoms with van der Waals surface area (Å²) in [4.78, 5) is 10.5. The number of likely N-dealkylation sites (N-methyl/N-ethyl adjacent to an activating group) is 1. The second-order valence-electron chi connectivity index (χ2n) is 3.78. The first-order valence-electron chi connectivity index (χ1n) is 5.51. The minimum absolute atomic E-state index is 0.595. The summed E-state index contributed by atoms with van der Waals surface area (Å²) in [5, 5.41) is 3.20. The number of nitrogens with zero attached hydrogens (tertiary/aromatic N) is 3. The molecule has 0 aliphatic rings. The second-order valence-corrected chi connectivity index (χ2v) is 3.78. The highest BCUT2D eigenvalue weighted by Gasteiger charge is 1.99. The Morgan fingerprint density at radius 3 is 2.88 bits per heavy atom. The molecule has 0 atom stereocenters. The van der Waals surface area contributed by atoms with Crippen LogP contribution in [-0.4, -0.2) is 48.7 Å². The lowest BCUT2D eigenvalue weighted by atomic mass is 10.4. The van der Waals surface area contributed by atoms with Crippen LogP contribution in [0.5, 0.6) is 5.88 Å². The Morgan fingerprint density at radius 2 is 2.19 bits per heavy atom. The zero-order valence-corrected chi connectivity index (χ0v) is 10.2. The molecule has 0 fully saturated rings. The van der Waals surface area contributed by atoms with Gasteiger partial charge in [0, 0.05) is 19.3 Å². The molecular weight excluding hydrogens is 204 g/mol. The van der Waals surface area contributed by atoms with Crippen molar-refractivity contribution in [1.82, 2.24) is 20.2 Å². The van der Waals surface area contributed by atoms with Crippen LogP contribution in [0.25, 0.3) is 0 Å². The Hall–Kier alpha value is -1.20. The van der Waals surface area contributed by atoms with Crippen molar-refractivity contribution in [3.63, 3.8) is 0 Å². The van der Waals surface area contributed by atoms with Gasteiger partial charge in [-0.3, -0.25) is 4.98 Å². The highest BCUT2D eigenvalue weighted by molar-refractivity contribution is 5.08. The second kappa shape index (κ2) is 7.14. The van der Waals surface area contributed by atoms with Gasteiger partial charge in [-0.15, -0.1) is 0 Å². The van der Waals surface area contributed by atoms with E-state index in [0.717, 1.165) is 25.3 Å². The molecule has 90 valence electrons. The molecule has 0 aliphatic heterocycles. The molecule has 1 aromatic rings. The van der Waals surface area contributed by atoms with E-state index in [9.17, 15) is 0 Å². The van der Waals surface area contributed by atoms with Crippen LogP contribution in [0.1, 0.15) is 12.6 Å². The summed E-state index contributed by atoms with van der Waals surface area (Å²) in [7, 11) is 4.02. The standard InChI is InChI=1S/C11H20N4O/c1-4-12-7-10-8-13-9-11(14-10)16-6-5-15(2)3/h8-9,12H,4-7H2,1-3H3. The van der Waals surface area contributed by atoms with Crippen molar-refractivity contribution in [2.45, 2.75) is 13.5 Å². The molecule has 0 saturated carbocycles. The van der Waals surface area contributed by atoms with Gasteiger partial charge in [-0.25, -0.2) is 4.98 Å². The Kier molecular flexibility index (Phi) is 5.74. The third kappa shape index (κ3) is 5.04.